The fraction of sp³-hybridized carbons (Fsp3) is 0.353. The van der Waals surface area contributed by atoms with Gasteiger partial charge < -0.3 is 15.1 Å². The van der Waals surface area contributed by atoms with Crippen LogP contribution in [0.5, 0.6) is 0 Å². The van der Waals surface area contributed by atoms with Gasteiger partial charge in [0, 0.05) is 31.0 Å². The molecule has 0 fully saturated rings. The molecule has 2 rings (SSSR count). The zero-order chi connectivity index (χ0) is 20.4. The molecule has 0 saturated heterocycles. The fourth-order valence-electron chi connectivity index (χ4n) is 2.63. The van der Waals surface area contributed by atoms with Crippen molar-refractivity contribution >= 4 is 27.1 Å². The molecule has 1 heterocycles. The van der Waals surface area contributed by atoms with Gasteiger partial charge in [-0.25, -0.2) is 8.42 Å². The monoisotopic (exact) mass is 395 g/mol. The average molecular weight is 395 g/mol. The van der Waals surface area contributed by atoms with Crippen LogP contribution in [0, 0.1) is 30.9 Å². The maximum atomic E-state index is 12.3. The molecule has 146 valence electrons. The van der Waals surface area contributed by atoms with Crippen LogP contribution in [0.2, 0.25) is 0 Å². The van der Waals surface area contributed by atoms with Crippen molar-refractivity contribution in [3.8, 4) is 0 Å². The van der Waals surface area contributed by atoms with Crippen LogP contribution in [-0.2, 0) is 9.84 Å². The minimum Gasteiger partial charge on any atom is -0.466 e. The lowest BCUT2D eigenvalue weighted by atomic mass is 10.1. The number of carbonyl (C=O) groups excluding carboxylic acids is 1. The summed E-state index contributed by atoms with van der Waals surface area (Å²) in [6.07, 6.45) is 0.982. The number of sulfone groups is 1. The van der Waals surface area contributed by atoms with Crippen molar-refractivity contribution in [2.24, 2.45) is 0 Å². The number of aryl methyl sites for hydroxylation is 2. The Morgan fingerprint density at radius 2 is 1.85 bits per heavy atom. The van der Waals surface area contributed by atoms with E-state index in [1.807, 2.05) is 0 Å². The van der Waals surface area contributed by atoms with Gasteiger partial charge in [-0.05, 0) is 32.9 Å². The number of anilines is 1. The number of hydrogen-bond acceptors (Lipinski definition) is 7. The Morgan fingerprint density at radius 1 is 1.19 bits per heavy atom. The Hall–Kier alpha value is -2.88. The molecule has 27 heavy (non-hydrogen) atoms. The maximum absolute atomic E-state index is 12.3. The lowest BCUT2D eigenvalue weighted by molar-refractivity contribution is -0.384. The van der Waals surface area contributed by atoms with Crippen LogP contribution in [0.15, 0.2) is 27.5 Å². The van der Waals surface area contributed by atoms with Gasteiger partial charge >= 0.3 is 0 Å². The van der Waals surface area contributed by atoms with Crippen LogP contribution >= 0.6 is 0 Å². The number of carbonyl (C=O) groups is 1. The molecule has 1 aromatic heterocycles. The van der Waals surface area contributed by atoms with Crippen molar-refractivity contribution in [3.05, 3.63) is 51.0 Å². The molecule has 0 unspecified atom stereocenters. The molecular weight excluding hydrogens is 374 g/mol. The number of nitrogens with one attached hydrogen (secondary N) is 2. The van der Waals surface area contributed by atoms with Crippen molar-refractivity contribution in [3.63, 3.8) is 0 Å². The minimum absolute atomic E-state index is 0.130. The van der Waals surface area contributed by atoms with E-state index in [9.17, 15) is 23.3 Å². The summed E-state index contributed by atoms with van der Waals surface area (Å²) in [6.45, 7) is 5.72. The van der Waals surface area contributed by atoms with Crippen LogP contribution in [0.1, 0.15) is 27.4 Å². The lowest BCUT2D eigenvalue weighted by Crippen LogP contribution is -2.29. The molecule has 0 aliphatic heterocycles. The van der Waals surface area contributed by atoms with Crippen LogP contribution in [0.4, 0.5) is 11.4 Å². The molecule has 0 radical (unpaired) electrons. The topological polar surface area (TPSA) is 132 Å². The quantitative estimate of drug-likeness (QED) is 0.418. The van der Waals surface area contributed by atoms with Crippen molar-refractivity contribution in [1.82, 2.24) is 5.32 Å². The molecular formula is C17H21N3O6S. The summed E-state index contributed by atoms with van der Waals surface area (Å²) in [6, 6.07) is 3.64. The molecule has 0 aliphatic carbocycles. The lowest BCUT2D eigenvalue weighted by Gasteiger charge is -2.09. The van der Waals surface area contributed by atoms with Gasteiger partial charge in [0.1, 0.15) is 17.2 Å². The molecule has 10 heteroatoms. The molecule has 1 aromatic carbocycles. The predicted octanol–water partition coefficient (Wildman–Crippen LogP) is 2.36. The molecule has 2 N–H and O–H groups in total. The van der Waals surface area contributed by atoms with E-state index in [0.29, 0.717) is 17.1 Å². The molecule has 0 atom stereocenters. The first-order valence-electron chi connectivity index (χ1n) is 8.09. The average Bonchev–Trinajstić information content (AvgIpc) is 2.82. The minimum atomic E-state index is -3.55. The largest absolute Gasteiger partial charge is 0.466 e. The number of benzene rings is 1. The zero-order valence-corrected chi connectivity index (χ0v) is 16.3. The Morgan fingerprint density at radius 3 is 2.37 bits per heavy atom. The highest BCUT2D eigenvalue weighted by molar-refractivity contribution is 7.90. The highest BCUT2D eigenvalue weighted by Gasteiger charge is 2.20. The number of amides is 1. The van der Waals surface area contributed by atoms with Crippen LogP contribution in [0.25, 0.3) is 0 Å². The number of furan rings is 1. The van der Waals surface area contributed by atoms with Gasteiger partial charge in [-0.3, -0.25) is 14.9 Å². The summed E-state index contributed by atoms with van der Waals surface area (Å²) in [5.41, 5.74) is 1.08. The number of hydrogen-bond donors (Lipinski definition) is 2. The highest BCUT2D eigenvalue weighted by Crippen LogP contribution is 2.27. The predicted molar refractivity (Wildman–Crippen MR) is 99.9 cm³/mol. The Labute approximate surface area is 156 Å². The number of nitro groups is 1. The summed E-state index contributed by atoms with van der Waals surface area (Å²) in [5.74, 6) is 0.922. The second-order valence-corrected chi connectivity index (χ2v) is 8.12. The Kier molecular flexibility index (Phi) is 5.89. The van der Waals surface area contributed by atoms with Gasteiger partial charge in [-0.2, -0.15) is 0 Å². The molecule has 0 spiro atoms. The van der Waals surface area contributed by atoms with Gasteiger partial charge in [0.15, 0.2) is 9.84 Å². The molecule has 9 nitrogen and oxygen atoms in total. The Balaban J connectivity index is 2.03. The van der Waals surface area contributed by atoms with Crippen molar-refractivity contribution in [2.45, 2.75) is 25.7 Å². The smallest absolute Gasteiger partial charge is 0.293 e. The van der Waals surface area contributed by atoms with E-state index in [-0.39, 0.29) is 35.3 Å². The zero-order valence-electron chi connectivity index (χ0n) is 15.5. The standard InChI is InChI=1S/C17H21N3O6S/c1-10-11(2)26-12(3)16(10)17(21)19-8-7-18-14-6-5-13(27(4,24)25)9-15(14)20(22)23/h5-6,9,18H,7-8H2,1-4H3,(H,19,21). The summed E-state index contributed by atoms with van der Waals surface area (Å²) < 4.78 is 28.5. The molecule has 0 aliphatic rings. The normalized spacial score (nSPS) is 11.3. The first-order valence-corrected chi connectivity index (χ1v) is 9.98. The van der Waals surface area contributed by atoms with E-state index in [1.165, 1.54) is 12.1 Å². The van der Waals surface area contributed by atoms with Crippen molar-refractivity contribution < 1.29 is 22.6 Å². The molecule has 1 amide bonds. The summed E-state index contributed by atoms with van der Waals surface area (Å²) in [4.78, 5) is 22.7. The van der Waals surface area contributed by atoms with Gasteiger partial charge in [0.05, 0.1) is 15.4 Å². The summed E-state index contributed by atoms with van der Waals surface area (Å²) >= 11 is 0. The van der Waals surface area contributed by atoms with E-state index < -0.39 is 14.8 Å². The fourth-order valence-corrected chi connectivity index (χ4v) is 3.27. The van der Waals surface area contributed by atoms with Crippen LogP contribution < -0.4 is 10.6 Å². The van der Waals surface area contributed by atoms with E-state index >= 15 is 0 Å². The number of rotatable bonds is 7. The number of nitrogens with zero attached hydrogens (tertiary/aromatic N) is 1. The second kappa shape index (κ2) is 7.78. The SMILES string of the molecule is Cc1oc(C)c(C(=O)NCCNc2ccc(S(C)(=O)=O)cc2[N+](=O)[O-])c1C. The third kappa shape index (κ3) is 4.64. The van der Waals surface area contributed by atoms with Gasteiger partial charge in [0.2, 0.25) is 0 Å². The van der Waals surface area contributed by atoms with E-state index in [0.717, 1.165) is 17.9 Å². The van der Waals surface area contributed by atoms with Crippen LogP contribution in [0.3, 0.4) is 0 Å². The maximum Gasteiger partial charge on any atom is 0.293 e. The first kappa shape index (κ1) is 20.4. The third-order valence-electron chi connectivity index (χ3n) is 4.11. The van der Waals surface area contributed by atoms with Gasteiger partial charge in [0.25, 0.3) is 11.6 Å². The molecule has 0 saturated carbocycles. The summed E-state index contributed by atoms with van der Waals surface area (Å²) in [5, 5.41) is 16.8. The van der Waals surface area contributed by atoms with Crippen molar-refractivity contribution in [2.75, 3.05) is 24.7 Å². The first-order chi connectivity index (χ1) is 12.5. The Bertz CT molecular complexity index is 994. The van der Waals surface area contributed by atoms with Gasteiger partial charge in [-0.15, -0.1) is 0 Å². The second-order valence-electron chi connectivity index (χ2n) is 6.11. The third-order valence-corrected chi connectivity index (χ3v) is 5.22. The summed E-state index contributed by atoms with van der Waals surface area (Å²) in [7, 11) is -3.55. The highest BCUT2D eigenvalue weighted by atomic mass is 32.2. The van der Waals surface area contributed by atoms with E-state index in [4.69, 9.17) is 4.42 Å². The van der Waals surface area contributed by atoms with E-state index in [1.54, 1.807) is 20.8 Å². The van der Waals surface area contributed by atoms with Gasteiger partial charge in [-0.1, -0.05) is 0 Å². The van der Waals surface area contributed by atoms with Crippen molar-refractivity contribution in [1.29, 1.82) is 0 Å². The van der Waals surface area contributed by atoms with E-state index in [2.05, 4.69) is 10.6 Å². The molecule has 0 bridgehead atoms. The van der Waals surface area contributed by atoms with Crippen LogP contribution in [-0.4, -0.2) is 38.6 Å². The number of nitro benzene ring substituents is 1. The molecule has 2 aromatic rings.